The van der Waals surface area contributed by atoms with Crippen LogP contribution in [0, 0.1) is 0 Å². The van der Waals surface area contributed by atoms with Gasteiger partial charge in [0.05, 0.1) is 9.52 Å². The van der Waals surface area contributed by atoms with E-state index in [1.165, 1.54) is 5.19 Å². The second-order valence-corrected chi connectivity index (χ2v) is 5.59. The summed E-state index contributed by atoms with van der Waals surface area (Å²) in [6.45, 7) is 0. The lowest BCUT2D eigenvalue weighted by atomic mass is 10.4. The summed E-state index contributed by atoms with van der Waals surface area (Å²) in [6.07, 6.45) is 0. The van der Waals surface area contributed by atoms with E-state index >= 15 is 0 Å². The van der Waals surface area contributed by atoms with Crippen LogP contribution in [0.1, 0.15) is 0 Å². The van der Waals surface area contributed by atoms with Crippen molar-refractivity contribution in [1.82, 2.24) is 0 Å². The Hall–Kier alpha value is 0.0169. The molecule has 1 aromatic carbocycles. The molecule has 0 nitrogen and oxygen atoms in total. The molecule has 1 rings (SSSR count). The minimum Gasteiger partial charge on any atom is -0.106 e. The van der Waals surface area contributed by atoms with Gasteiger partial charge in [-0.1, -0.05) is 35.5 Å². The van der Waals surface area contributed by atoms with Crippen molar-refractivity contribution in [2.45, 2.75) is 10.9 Å². The molecule has 0 aromatic heterocycles. The molecule has 0 N–H and O–H groups in total. The fraction of sp³-hybridized carbons (Fsp3) is 0.250. The third kappa shape index (κ3) is 3.80. The Morgan fingerprint density at radius 3 is 2.36 bits per heavy atom. The third-order valence-corrected chi connectivity index (χ3v) is 4.58. The van der Waals surface area contributed by atoms with Crippen molar-refractivity contribution in [2.24, 2.45) is 0 Å². The molecule has 60 valence electrons. The van der Waals surface area contributed by atoms with Crippen molar-refractivity contribution in [1.29, 1.82) is 0 Å². The van der Waals surface area contributed by atoms with Gasteiger partial charge in [-0.15, -0.1) is 23.2 Å². The second-order valence-electron chi connectivity index (χ2n) is 2.42. The number of alkyl halides is 2. The highest BCUT2D eigenvalue weighted by Gasteiger charge is 1.99. The summed E-state index contributed by atoms with van der Waals surface area (Å²) in [7, 11) is -0.223. The largest absolute Gasteiger partial charge is 0.106 e. The van der Waals surface area contributed by atoms with E-state index < -0.39 is 0 Å². The number of benzene rings is 1. The highest BCUT2D eigenvalue weighted by atomic mass is 35.5. The highest BCUT2D eigenvalue weighted by Crippen LogP contribution is 2.05. The van der Waals surface area contributed by atoms with Gasteiger partial charge in [-0.25, -0.2) is 0 Å². The molecule has 0 saturated carbocycles. The van der Waals surface area contributed by atoms with Gasteiger partial charge in [-0.2, -0.15) is 0 Å². The first-order valence-electron chi connectivity index (χ1n) is 3.61. The molecular weight excluding hydrogens is 195 g/mol. The highest BCUT2D eigenvalue weighted by molar-refractivity contribution is 6.58. The third-order valence-electron chi connectivity index (χ3n) is 1.49. The zero-order valence-electron chi connectivity index (χ0n) is 6.13. The first kappa shape index (κ1) is 9.11. The minimum atomic E-state index is -0.223. The summed E-state index contributed by atoms with van der Waals surface area (Å²) < 4.78 is 0. The standard InChI is InChI=1S/C8H10Cl2Si/c9-8(10)6-11-7-4-2-1-3-5-7/h1-5,8H,6,11H2. The Balaban J connectivity index is 2.39. The van der Waals surface area contributed by atoms with E-state index in [-0.39, 0.29) is 14.4 Å². The number of hydrogen-bond acceptors (Lipinski definition) is 0. The molecule has 0 aliphatic heterocycles. The van der Waals surface area contributed by atoms with Crippen molar-refractivity contribution < 1.29 is 0 Å². The van der Waals surface area contributed by atoms with E-state index in [2.05, 4.69) is 24.3 Å². The summed E-state index contributed by atoms with van der Waals surface area (Å²) in [5.74, 6) is 0. The molecule has 3 heteroatoms. The molecule has 0 aliphatic carbocycles. The SMILES string of the molecule is ClC(Cl)C[SiH2]c1ccccc1. The van der Waals surface area contributed by atoms with Crippen LogP contribution < -0.4 is 5.19 Å². The van der Waals surface area contributed by atoms with Crippen LogP contribution in [-0.4, -0.2) is 14.4 Å². The summed E-state index contributed by atoms with van der Waals surface area (Å²) in [4.78, 5) is -0.179. The van der Waals surface area contributed by atoms with Crippen molar-refractivity contribution in [2.75, 3.05) is 0 Å². The van der Waals surface area contributed by atoms with Gasteiger partial charge in [0.1, 0.15) is 4.84 Å². The number of rotatable bonds is 3. The predicted octanol–water partition coefficient (Wildman–Crippen LogP) is 1.70. The number of halogens is 2. The molecule has 0 spiro atoms. The molecular formula is C8H10Cl2Si. The zero-order chi connectivity index (χ0) is 8.10. The average molecular weight is 205 g/mol. The van der Waals surface area contributed by atoms with Crippen LogP contribution in [-0.2, 0) is 0 Å². The topological polar surface area (TPSA) is 0 Å². The lowest BCUT2D eigenvalue weighted by molar-refractivity contribution is 1.36. The molecule has 0 unspecified atom stereocenters. The number of hydrogen-bond donors (Lipinski definition) is 0. The lowest BCUT2D eigenvalue weighted by Gasteiger charge is -1.99. The van der Waals surface area contributed by atoms with E-state index in [9.17, 15) is 0 Å². The maximum absolute atomic E-state index is 5.63. The van der Waals surface area contributed by atoms with E-state index in [1.54, 1.807) is 0 Å². The minimum absolute atomic E-state index is 0.179. The Morgan fingerprint density at radius 1 is 1.18 bits per heavy atom. The Labute approximate surface area is 79.3 Å². The molecule has 0 radical (unpaired) electrons. The Morgan fingerprint density at radius 2 is 1.82 bits per heavy atom. The maximum Gasteiger partial charge on any atom is 0.105 e. The van der Waals surface area contributed by atoms with Crippen LogP contribution in [0.3, 0.4) is 0 Å². The van der Waals surface area contributed by atoms with Gasteiger partial charge >= 0.3 is 0 Å². The molecule has 0 aliphatic rings. The monoisotopic (exact) mass is 204 g/mol. The normalized spacial score (nSPS) is 11.5. The summed E-state index contributed by atoms with van der Waals surface area (Å²) in [5, 5.41) is 1.43. The van der Waals surface area contributed by atoms with Crippen molar-refractivity contribution >= 4 is 37.9 Å². The van der Waals surface area contributed by atoms with E-state index in [0.29, 0.717) is 0 Å². The van der Waals surface area contributed by atoms with Crippen LogP contribution in [0.4, 0.5) is 0 Å². The molecule has 11 heavy (non-hydrogen) atoms. The molecule has 0 fully saturated rings. The molecule has 1 aromatic rings. The van der Waals surface area contributed by atoms with Gasteiger partial charge in [-0.05, 0) is 6.04 Å². The molecule has 0 saturated heterocycles. The van der Waals surface area contributed by atoms with E-state index in [4.69, 9.17) is 23.2 Å². The van der Waals surface area contributed by atoms with Crippen LogP contribution in [0.5, 0.6) is 0 Å². The van der Waals surface area contributed by atoms with Gasteiger partial charge < -0.3 is 0 Å². The zero-order valence-corrected chi connectivity index (χ0v) is 9.06. The van der Waals surface area contributed by atoms with Crippen LogP contribution in [0.15, 0.2) is 30.3 Å². The predicted molar refractivity (Wildman–Crippen MR) is 54.9 cm³/mol. The quantitative estimate of drug-likeness (QED) is 0.520. The van der Waals surface area contributed by atoms with Gasteiger partial charge in [0.25, 0.3) is 0 Å². The van der Waals surface area contributed by atoms with Gasteiger partial charge in [-0.3, -0.25) is 0 Å². The Kier molecular flexibility index (Phi) is 3.98. The van der Waals surface area contributed by atoms with Gasteiger partial charge in [0.15, 0.2) is 0 Å². The second kappa shape index (κ2) is 4.81. The van der Waals surface area contributed by atoms with Crippen molar-refractivity contribution in [3.05, 3.63) is 30.3 Å². The van der Waals surface area contributed by atoms with E-state index in [0.717, 1.165) is 6.04 Å². The van der Waals surface area contributed by atoms with Gasteiger partial charge in [0.2, 0.25) is 0 Å². The lowest BCUT2D eigenvalue weighted by Crippen LogP contribution is -2.14. The molecule has 0 heterocycles. The first-order valence-corrected chi connectivity index (χ1v) is 6.19. The van der Waals surface area contributed by atoms with Crippen molar-refractivity contribution in [3.63, 3.8) is 0 Å². The fourth-order valence-corrected chi connectivity index (χ4v) is 2.73. The smallest absolute Gasteiger partial charge is 0.105 e. The van der Waals surface area contributed by atoms with Crippen LogP contribution >= 0.6 is 23.2 Å². The molecule has 0 atom stereocenters. The maximum atomic E-state index is 5.63. The summed E-state index contributed by atoms with van der Waals surface area (Å²) >= 11 is 11.3. The Bertz CT molecular complexity index is 199. The average Bonchev–Trinajstić information content (AvgIpc) is 2.03. The van der Waals surface area contributed by atoms with Crippen LogP contribution in [0.2, 0.25) is 6.04 Å². The van der Waals surface area contributed by atoms with Crippen LogP contribution in [0.25, 0.3) is 0 Å². The van der Waals surface area contributed by atoms with E-state index in [1.807, 2.05) is 6.07 Å². The first-order chi connectivity index (χ1) is 5.29. The molecule has 0 bridgehead atoms. The summed E-state index contributed by atoms with van der Waals surface area (Å²) in [6, 6.07) is 11.4. The fourth-order valence-electron chi connectivity index (χ4n) is 0.920. The summed E-state index contributed by atoms with van der Waals surface area (Å²) in [5.41, 5.74) is 0. The van der Waals surface area contributed by atoms with Crippen molar-refractivity contribution in [3.8, 4) is 0 Å². The molecule has 0 amide bonds. The van der Waals surface area contributed by atoms with Gasteiger partial charge in [0, 0.05) is 0 Å².